The number of hydrogen-bond acceptors (Lipinski definition) is 6. The molecule has 1 aliphatic heterocycles. The van der Waals surface area contributed by atoms with Crippen LogP contribution in [0, 0.1) is 15.9 Å². The summed E-state index contributed by atoms with van der Waals surface area (Å²) in [5, 5.41) is 18.3. The molecule has 0 bridgehead atoms. The van der Waals surface area contributed by atoms with E-state index >= 15 is 0 Å². The molecule has 160 valence electrons. The van der Waals surface area contributed by atoms with Gasteiger partial charge < -0.3 is 9.64 Å². The van der Waals surface area contributed by atoms with Crippen molar-refractivity contribution in [2.45, 2.75) is 19.6 Å². The molecule has 0 spiro atoms. The number of fused-ring (bicyclic) bond motifs is 1. The van der Waals surface area contributed by atoms with Crippen LogP contribution in [0.5, 0.6) is 0 Å². The van der Waals surface area contributed by atoms with Gasteiger partial charge in [0.15, 0.2) is 0 Å². The standard InChI is InChI=1S/C20H19FN6O4/c1-31-9-8-26-11-13-10-25(12-17(13)24-26)20(28)23-19-18(27(29)30)7-6-16(22-19)14-4-2-3-5-15(14)21/h2-7,11H,8-10,12H2,1H3,(H,22,23,28). The SMILES string of the molecule is COCCn1cc2c(n1)CN(C(=O)Nc1nc(-c3ccccc3F)ccc1[N+](=O)[O-])C2. The van der Waals surface area contributed by atoms with Gasteiger partial charge in [0, 0.05) is 30.5 Å². The van der Waals surface area contributed by atoms with Crippen LogP contribution in [-0.2, 0) is 24.4 Å². The van der Waals surface area contributed by atoms with Crippen LogP contribution >= 0.6 is 0 Å². The number of ether oxygens (including phenoxy) is 1. The average molecular weight is 426 g/mol. The Balaban J connectivity index is 1.53. The third-order valence-electron chi connectivity index (χ3n) is 4.88. The first-order chi connectivity index (χ1) is 15.0. The third-order valence-corrected chi connectivity index (χ3v) is 4.88. The van der Waals surface area contributed by atoms with Crippen molar-refractivity contribution in [2.24, 2.45) is 0 Å². The van der Waals surface area contributed by atoms with E-state index in [4.69, 9.17) is 4.74 Å². The molecule has 0 unspecified atom stereocenters. The Bertz CT molecular complexity index is 1120. The lowest BCUT2D eigenvalue weighted by Gasteiger charge is -2.16. The molecule has 3 aromatic rings. The van der Waals surface area contributed by atoms with E-state index in [9.17, 15) is 19.3 Å². The van der Waals surface area contributed by atoms with E-state index in [0.717, 1.165) is 11.3 Å². The molecule has 0 atom stereocenters. The van der Waals surface area contributed by atoms with Crippen molar-refractivity contribution < 1.29 is 18.8 Å². The van der Waals surface area contributed by atoms with E-state index in [-0.39, 0.29) is 29.3 Å². The molecule has 31 heavy (non-hydrogen) atoms. The zero-order chi connectivity index (χ0) is 22.0. The van der Waals surface area contributed by atoms with Crippen LogP contribution in [0.25, 0.3) is 11.3 Å². The Morgan fingerprint density at radius 1 is 1.29 bits per heavy atom. The number of nitro groups is 1. The van der Waals surface area contributed by atoms with Gasteiger partial charge >= 0.3 is 11.7 Å². The lowest BCUT2D eigenvalue weighted by molar-refractivity contribution is -0.384. The number of nitrogens with zero attached hydrogens (tertiary/aromatic N) is 5. The van der Waals surface area contributed by atoms with Crippen LogP contribution in [0.3, 0.4) is 0 Å². The van der Waals surface area contributed by atoms with Crippen molar-refractivity contribution in [3.63, 3.8) is 0 Å². The predicted molar refractivity (Wildman–Crippen MR) is 109 cm³/mol. The molecule has 3 heterocycles. The summed E-state index contributed by atoms with van der Waals surface area (Å²) in [6, 6.07) is 7.94. The number of carbonyl (C=O) groups excluding carboxylic acids is 1. The van der Waals surface area contributed by atoms with Crippen LogP contribution in [0.4, 0.5) is 20.7 Å². The summed E-state index contributed by atoms with van der Waals surface area (Å²) >= 11 is 0. The van der Waals surface area contributed by atoms with Gasteiger partial charge in [0.05, 0.1) is 42.6 Å². The number of methoxy groups -OCH3 is 1. The minimum atomic E-state index is -0.646. The first kappa shape index (κ1) is 20.4. The van der Waals surface area contributed by atoms with Crippen molar-refractivity contribution in [2.75, 3.05) is 19.0 Å². The molecule has 1 aromatic carbocycles. The van der Waals surface area contributed by atoms with Gasteiger partial charge in [0.25, 0.3) is 0 Å². The van der Waals surface area contributed by atoms with Gasteiger partial charge in [-0.3, -0.25) is 20.1 Å². The summed E-state index contributed by atoms with van der Waals surface area (Å²) in [4.78, 5) is 29.1. The van der Waals surface area contributed by atoms with Crippen molar-refractivity contribution >= 4 is 17.5 Å². The third kappa shape index (κ3) is 4.21. The van der Waals surface area contributed by atoms with E-state index in [1.807, 2.05) is 6.20 Å². The fraction of sp³-hybridized carbons (Fsp3) is 0.250. The molecular weight excluding hydrogens is 407 g/mol. The summed E-state index contributed by atoms with van der Waals surface area (Å²) in [5.41, 5.74) is 1.63. The maximum absolute atomic E-state index is 14.1. The summed E-state index contributed by atoms with van der Waals surface area (Å²) < 4.78 is 20.9. The van der Waals surface area contributed by atoms with Crippen molar-refractivity contribution in [3.05, 3.63) is 69.8 Å². The zero-order valence-corrected chi connectivity index (χ0v) is 16.6. The van der Waals surface area contributed by atoms with Gasteiger partial charge in [-0.25, -0.2) is 14.2 Å². The lowest BCUT2D eigenvalue weighted by Crippen LogP contribution is -2.31. The Hall–Kier alpha value is -3.86. The van der Waals surface area contributed by atoms with Gasteiger partial charge in [0.1, 0.15) is 5.82 Å². The number of anilines is 1. The number of pyridine rings is 1. The molecule has 0 saturated carbocycles. The number of nitrogens with one attached hydrogen (secondary N) is 1. The summed E-state index contributed by atoms with van der Waals surface area (Å²) in [6.07, 6.45) is 1.85. The number of urea groups is 1. The zero-order valence-electron chi connectivity index (χ0n) is 16.6. The molecule has 0 saturated heterocycles. The van der Waals surface area contributed by atoms with Crippen LogP contribution < -0.4 is 5.32 Å². The second-order valence-electron chi connectivity index (χ2n) is 6.94. The highest BCUT2D eigenvalue weighted by molar-refractivity contribution is 5.91. The number of hydrogen-bond donors (Lipinski definition) is 1. The fourth-order valence-corrected chi connectivity index (χ4v) is 3.34. The number of carbonyl (C=O) groups is 1. The Kier molecular flexibility index (Phi) is 5.58. The van der Waals surface area contributed by atoms with E-state index in [1.54, 1.807) is 17.9 Å². The first-order valence-corrected chi connectivity index (χ1v) is 9.46. The summed E-state index contributed by atoms with van der Waals surface area (Å²) in [6.45, 7) is 1.71. The maximum Gasteiger partial charge on any atom is 0.323 e. The maximum atomic E-state index is 14.1. The molecule has 4 rings (SSSR count). The van der Waals surface area contributed by atoms with Crippen LogP contribution in [0.1, 0.15) is 11.3 Å². The smallest absolute Gasteiger partial charge is 0.323 e. The molecule has 2 amide bonds. The summed E-state index contributed by atoms with van der Waals surface area (Å²) in [7, 11) is 1.61. The molecule has 1 N–H and O–H groups in total. The number of amides is 2. The van der Waals surface area contributed by atoms with Crippen molar-refractivity contribution in [1.82, 2.24) is 19.7 Å². The summed E-state index contributed by atoms with van der Waals surface area (Å²) in [5.74, 6) is -0.762. The lowest BCUT2D eigenvalue weighted by atomic mass is 10.1. The number of benzene rings is 1. The van der Waals surface area contributed by atoms with Crippen LogP contribution in [0.15, 0.2) is 42.6 Å². The highest BCUT2D eigenvalue weighted by Gasteiger charge is 2.28. The van der Waals surface area contributed by atoms with E-state index in [1.165, 1.54) is 35.2 Å². The number of rotatable bonds is 6. The highest BCUT2D eigenvalue weighted by Crippen LogP contribution is 2.29. The van der Waals surface area contributed by atoms with E-state index in [2.05, 4.69) is 15.4 Å². The van der Waals surface area contributed by atoms with Crippen molar-refractivity contribution in [1.29, 1.82) is 0 Å². The van der Waals surface area contributed by atoms with Gasteiger partial charge in [-0.15, -0.1) is 0 Å². The van der Waals surface area contributed by atoms with Gasteiger partial charge in [-0.05, 0) is 18.2 Å². The van der Waals surface area contributed by atoms with Crippen LogP contribution in [0.2, 0.25) is 0 Å². The van der Waals surface area contributed by atoms with Crippen molar-refractivity contribution in [3.8, 4) is 11.3 Å². The number of aromatic nitrogens is 3. The largest absolute Gasteiger partial charge is 0.383 e. The highest BCUT2D eigenvalue weighted by atomic mass is 19.1. The average Bonchev–Trinajstić information content (AvgIpc) is 3.31. The van der Waals surface area contributed by atoms with E-state index in [0.29, 0.717) is 19.7 Å². The molecule has 2 aromatic heterocycles. The number of halogens is 1. The monoisotopic (exact) mass is 426 g/mol. The fourth-order valence-electron chi connectivity index (χ4n) is 3.34. The Morgan fingerprint density at radius 3 is 2.81 bits per heavy atom. The second-order valence-corrected chi connectivity index (χ2v) is 6.94. The predicted octanol–water partition coefficient (Wildman–Crippen LogP) is 3.19. The minimum absolute atomic E-state index is 0.179. The molecule has 0 aliphatic carbocycles. The van der Waals surface area contributed by atoms with Crippen LogP contribution in [-0.4, -0.2) is 44.3 Å². The molecule has 1 aliphatic rings. The first-order valence-electron chi connectivity index (χ1n) is 9.46. The molecule has 0 radical (unpaired) electrons. The molecule has 11 heteroatoms. The molecule has 0 fully saturated rings. The normalized spacial score (nSPS) is 12.6. The topological polar surface area (TPSA) is 115 Å². The van der Waals surface area contributed by atoms with E-state index < -0.39 is 16.8 Å². The Labute approximate surface area is 176 Å². The second kappa shape index (κ2) is 8.48. The molecule has 10 nitrogen and oxygen atoms in total. The molecular formula is C20H19FN6O4. The van der Waals surface area contributed by atoms with Gasteiger partial charge in [-0.1, -0.05) is 12.1 Å². The van der Waals surface area contributed by atoms with Gasteiger partial charge in [0.2, 0.25) is 5.82 Å². The van der Waals surface area contributed by atoms with Gasteiger partial charge in [-0.2, -0.15) is 5.10 Å². The minimum Gasteiger partial charge on any atom is -0.383 e. The quantitative estimate of drug-likeness (QED) is 0.478. The Morgan fingerprint density at radius 2 is 2.10 bits per heavy atom.